The smallest absolute Gasteiger partial charge is 0.341 e. The molecule has 1 aromatic heterocycles. The minimum Gasteiger partial charge on any atom is -0.462 e. The van der Waals surface area contributed by atoms with Gasteiger partial charge in [-0.05, 0) is 32.4 Å². The molecule has 0 aliphatic carbocycles. The number of anilines is 1. The van der Waals surface area contributed by atoms with Crippen molar-refractivity contribution < 1.29 is 9.53 Å². The first-order valence-corrected chi connectivity index (χ1v) is 9.32. The molecule has 0 N–H and O–H groups in total. The average Bonchev–Trinajstić information content (AvgIpc) is 2.67. The van der Waals surface area contributed by atoms with Gasteiger partial charge in [-0.3, -0.25) is 9.88 Å². The molecule has 0 radical (unpaired) electrons. The SMILES string of the molecule is CCOC(=O)c1cnc2ccccc2c1N1CCN2CCCCC2C1. The highest BCUT2D eigenvalue weighted by Crippen LogP contribution is 2.33. The number of fused-ring (bicyclic) bond motifs is 2. The van der Waals surface area contributed by atoms with Crippen molar-refractivity contribution in [2.45, 2.75) is 32.2 Å². The zero-order valence-corrected chi connectivity index (χ0v) is 14.8. The molecule has 1 atom stereocenters. The number of piperidine rings is 1. The lowest BCUT2D eigenvalue weighted by Gasteiger charge is -2.45. The number of ether oxygens (including phenoxy) is 1. The van der Waals surface area contributed by atoms with Crippen LogP contribution in [-0.4, -0.2) is 54.7 Å². The molecule has 2 fully saturated rings. The first kappa shape index (κ1) is 16.3. The highest BCUT2D eigenvalue weighted by molar-refractivity contribution is 6.05. The minimum absolute atomic E-state index is 0.276. The molecule has 0 spiro atoms. The quantitative estimate of drug-likeness (QED) is 0.804. The molecule has 4 rings (SSSR count). The van der Waals surface area contributed by atoms with E-state index in [4.69, 9.17) is 4.74 Å². The van der Waals surface area contributed by atoms with Crippen molar-refractivity contribution in [2.24, 2.45) is 0 Å². The van der Waals surface area contributed by atoms with Crippen molar-refractivity contribution in [3.63, 3.8) is 0 Å². The molecule has 0 amide bonds. The second-order valence-electron chi connectivity index (χ2n) is 6.89. The fourth-order valence-corrected chi connectivity index (χ4v) is 4.18. The number of hydrogen-bond acceptors (Lipinski definition) is 5. The number of para-hydroxylation sites is 1. The molecule has 1 aromatic carbocycles. The van der Waals surface area contributed by atoms with Crippen molar-refractivity contribution in [3.8, 4) is 0 Å². The number of hydrogen-bond donors (Lipinski definition) is 0. The minimum atomic E-state index is -0.276. The molecule has 3 heterocycles. The lowest BCUT2D eigenvalue weighted by molar-refractivity contribution is 0.0526. The highest BCUT2D eigenvalue weighted by atomic mass is 16.5. The number of pyridine rings is 1. The van der Waals surface area contributed by atoms with Crippen LogP contribution in [0.4, 0.5) is 5.69 Å². The Morgan fingerprint density at radius 3 is 3.00 bits per heavy atom. The van der Waals surface area contributed by atoms with Crippen LogP contribution in [0.2, 0.25) is 0 Å². The summed E-state index contributed by atoms with van der Waals surface area (Å²) >= 11 is 0. The Bertz CT molecular complexity index is 777. The molecule has 25 heavy (non-hydrogen) atoms. The number of aromatic nitrogens is 1. The Labute approximate surface area is 148 Å². The third kappa shape index (κ3) is 3.09. The van der Waals surface area contributed by atoms with E-state index in [1.807, 2.05) is 25.1 Å². The molecule has 2 aliphatic heterocycles. The van der Waals surface area contributed by atoms with Crippen molar-refractivity contribution in [1.82, 2.24) is 9.88 Å². The topological polar surface area (TPSA) is 45.7 Å². The fourth-order valence-electron chi connectivity index (χ4n) is 4.18. The summed E-state index contributed by atoms with van der Waals surface area (Å²) < 4.78 is 5.30. The summed E-state index contributed by atoms with van der Waals surface area (Å²) in [6.45, 7) is 6.40. The van der Waals surface area contributed by atoms with E-state index in [0.29, 0.717) is 18.2 Å². The lowest BCUT2D eigenvalue weighted by Crippen LogP contribution is -2.55. The van der Waals surface area contributed by atoms with Gasteiger partial charge in [0.15, 0.2) is 0 Å². The maximum Gasteiger partial charge on any atom is 0.341 e. The number of esters is 1. The van der Waals surface area contributed by atoms with Gasteiger partial charge in [-0.1, -0.05) is 24.6 Å². The zero-order chi connectivity index (χ0) is 17.2. The Balaban J connectivity index is 1.75. The summed E-state index contributed by atoms with van der Waals surface area (Å²) in [5.74, 6) is -0.276. The van der Waals surface area contributed by atoms with E-state index in [0.717, 1.165) is 36.2 Å². The van der Waals surface area contributed by atoms with E-state index < -0.39 is 0 Å². The van der Waals surface area contributed by atoms with Gasteiger partial charge >= 0.3 is 5.97 Å². The summed E-state index contributed by atoms with van der Waals surface area (Å²) in [4.78, 5) is 22.0. The third-order valence-electron chi connectivity index (χ3n) is 5.40. The van der Waals surface area contributed by atoms with Crippen LogP contribution in [0.1, 0.15) is 36.5 Å². The number of carbonyl (C=O) groups excluding carboxylic acids is 1. The van der Waals surface area contributed by atoms with Gasteiger partial charge < -0.3 is 9.64 Å². The molecule has 0 bridgehead atoms. The van der Waals surface area contributed by atoms with Gasteiger partial charge in [0.2, 0.25) is 0 Å². The lowest BCUT2D eigenvalue weighted by atomic mass is 9.98. The highest BCUT2D eigenvalue weighted by Gasteiger charge is 2.31. The molecule has 1 unspecified atom stereocenters. The second-order valence-corrected chi connectivity index (χ2v) is 6.89. The predicted octanol–water partition coefficient (Wildman–Crippen LogP) is 3.09. The maximum atomic E-state index is 12.5. The van der Waals surface area contributed by atoms with Gasteiger partial charge in [-0.2, -0.15) is 0 Å². The first-order chi connectivity index (χ1) is 12.3. The number of rotatable bonds is 3. The van der Waals surface area contributed by atoms with Crippen LogP contribution in [0, 0.1) is 0 Å². The van der Waals surface area contributed by atoms with Gasteiger partial charge in [-0.25, -0.2) is 4.79 Å². The zero-order valence-electron chi connectivity index (χ0n) is 14.8. The molecule has 0 saturated carbocycles. The Morgan fingerprint density at radius 1 is 1.24 bits per heavy atom. The number of piperazine rings is 1. The maximum absolute atomic E-state index is 12.5. The van der Waals surface area contributed by atoms with Gasteiger partial charge in [0.1, 0.15) is 5.56 Å². The van der Waals surface area contributed by atoms with Crippen molar-refractivity contribution in [2.75, 3.05) is 37.7 Å². The molecule has 2 saturated heterocycles. The molecule has 2 aromatic rings. The molecule has 132 valence electrons. The molecular weight excluding hydrogens is 314 g/mol. The van der Waals surface area contributed by atoms with E-state index in [9.17, 15) is 4.79 Å². The van der Waals surface area contributed by atoms with Gasteiger partial charge in [0, 0.05) is 37.3 Å². The van der Waals surface area contributed by atoms with Crippen molar-refractivity contribution in [1.29, 1.82) is 0 Å². The van der Waals surface area contributed by atoms with Crippen LogP contribution in [-0.2, 0) is 4.74 Å². The number of benzene rings is 1. The summed E-state index contributed by atoms with van der Waals surface area (Å²) in [5, 5.41) is 1.04. The number of nitrogens with zero attached hydrogens (tertiary/aromatic N) is 3. The summed E-state index contributed by atoms with van der Waals surface area (Å²) in [6.07, 6.45) is 5.54. The largest absolute Gasteiger partial charge is 0.462 e. The third-order valence-corrected chi connectivity index (χ3v) is 5.40. The van der Waals surface area contributed by atoms with E-state index in [1.165, 1.54) is 25.8 Å². The van der Waals surface area contributed by atoms with Crippen LogP contribution >= 0.6 is 0 Å². The van der Waals surface area contributed by atoms with E-state index >= 15 is 0 Å². The first-order valence-electron chi connectivity index (χ1n) is 9.32. The second kappa shape index (κ2) is 7.00. The molecule has 5 nitrogen and oxygen atoms in total. The van der Waals surface area contributed by atoms with E-state index in [-0.39, 0.29) is 5.97 Å². The number of carbonyl (C=O) groups is 1. The Kier molecular flexibility index (Phi) is 4.57. The summed E-state index contributed by atoms with van der Waals surface area (Å²) in [7, 11) is 0. The Morgan fingerprint density at radius 2 is 2.12 bits per heavy atom. The predicted molar refractivity (Wildman–Crippen MR) is 99.1 cm³/mol. The van der Waals surface area contributed by atoms with Crippen LogP contribution in [0.25, 0.3) is 10.9 Å². The van der Waals surface area contributed by atoms with E-state index in [2.05, 4.69) is 20.9 Å². The Hall–Kier alpha value is -2.14. The monoisotopic (exact) mass is 339 g/mol. The van der Waals surface area contributed by atoms with Crippen LogP contribution in [0.15, 0.2) is 30.5 Å². The molecular formula is C20H25N3O2. The van der Waals surface area contributed by atoms with Crippen LogP contribution < -0.4 is 4.90 Å². The fraction of sp³-hybridized carbons (Fsp3) is 0.500. The van der Waals surface area contributed by atoms with Crippen molar-refractivity contribution >= 4 is 22.6 Å². The molecule has 2 aliphatic rings. The molecule has 5 heteroatoms. The van der Waals surface area contributed by atoms with Gasteiger partial charge in [-0.15, -0.1) is 0 Å². The van der Waals surface area contributed by atoms with Gasteiger partial charge in [0.05, 0.1) is 17.8 Å². The average molecular weight is 339 g/mol. The van der Waals surface area contributed by atoms with Crippen LogP contribution in [0.5, 0.6) is 0 Å². The van der Waals surface area contributed by atoms with Crippen LogP contribution in [0.3, 0.4) is 0 Å². The summed E-state index contributed by atoms with van der Waals surface area (Å²) in [5.41, 5.74) is 2.51. The standard InChI is InChI=1S/C20H25N3O2/c1-2-25-20(24)17-13-21-18-9-4-3-8-16(18)19(17)23-12-11-22-10-6-5-7-15(22)14-23/h3-4,8-9,13,15H,2,5-7,10-12,14H2,1H3. The summed E-state index contributed by atoms with van der Waals surface area (Å²) in [6, 6.07) is 8.66. The van der Waals surface area contributed by atoms with Gasteiger partial charge in [0.25, 0.3) is 0 Å². The normalized spacial score (nSPS) is 21.2. The van der Waals surface area contributed by atoms with E-state index in [1.54, 1.807) is 6.20 Å². The van der Waals surface area contributed by atoms with Crippen molar-refractivity contribution in [3.05, 3.63) is 36.0 Å².